The molecule has 7 nitrogen and oxygen atoms in total. The molecule has 0 unspecified atom stereocenters. The number of nitrogens with one attached hydrogen (secondary N) is 1. The third kappa shape index (κ3) is 5.29. The molecule has 0 aliphatic carbocycles. The normalized spacial score (nSPS) is 16.1. The number of hydrogen-bond acceptors (Lipinski definition) is 5. The van der Waals surface area contributed by atoms with Crippen LogP contribution in [0.3, 0.4) is 0 Å². The molecule has 8 heteroatoms. The van der Waals surface area contributed by atoms with E-state index in [1.165, 1.54) is 18.3 Å². The van der Waals surface area contributed by atoms with Crippen LogP contribution in [0.15, 0.2) is 17.0 Å². The summed E-state index contributed by atoms with van der Waals surface area (Å²) in [6.07, 6.45) is 1.48. The summed E-state index contributed by atoms with van der Waals surface area (Å²) in [5.41, 5.74) is 1.86. The first-order valence-electron chi connectivity index (χ1n) is 9.09. The third-order valence-electron chi connectivity index (χ3n) is 4.92. The highest BCUT2D eigenvalue weighted by molar-refractivity contribution is 7.89. The highest BCUT2D eigenvalue weighted by Crippen LogP contribution is 2.31. The second-order valence-corrected chi connectivity index (χ2v) is 8.94. The lowest BCUT2D eigenvalue weighted by atomic mass is 10.1. The molecule has 150 valence electrons. The quantitative estimate of drug-likeness (QED) is 0.760. The fourth-order valence-corrected chi connectivity index (χ4v) is 4.79. The van der Waals surface area contributed by atoms with E-state index >= 15 is 0 Å². The average molecular weight is 397 g/mol. The largest absolute Gasteiger partial charge is 0.495 e. The summed E-state index contributed by atoms with van der Waals surface area (Å²) in [4.78, 5) is 23.0. The molecule has 27 heavy (non-hydrogen) atoms. The van der Waals surface area contributed by atoms with Gasteiger partial charge in [0, 0.05) is 32.0 Å². The number of nitrogens with zero attached hydrogens (tertiary/aromatic N) is 1. The third-order valence-corrected chi connectivity index (χ3v) is 6.84. The van der Waals surface area contributed by atoms with Crippen molar-refractivity contribution in [1.82, 2.24) is 9.62 Å². The number of aryl methyl sites for hydroxylation is 2. The summed E-state index contributed by atoms with van der Waals surface area (Å²) in [6.45, 7) is 5.90. The van der Waals surface area contributed by atoms with Crippen LogP contribution in [0.5, 0.6) is 5.75 Å². The summed E-state index contributed by atoms with van der Waals surface area (Å²) in [7, 11) is -2.20. The van der Waals surface area contributed by atoms with Crippen LogP contribution in [-0.4, -0.2) is 50.7 Å². The Labute approximate surface area is 161 Å². The van der Waals surface area contributed by atoms with Gasteiger partial charge in [-0.2, -0.15) is 4.31 Å². The molecule has 0 bridgehead atoms. The molecule has 1 heterocycles. The minimum atomic E-state index is -3.67. The maximum Gasteiger partial charge on any atom is 0.246 e. The summed E-state index contributed by atoms with van der Waals surface area (Å²) in [5, 5.41) is 2.89. The van der Waals surface area contributed by atoms with Gasteiger partial charge in [-0.05, 0) is 56.9 Å². The first kappa shape index (κ1) is 21.4. The van der Waals surface area contributed by atoms with Crippen molar-refractivity contribution in [2.24, 2.45) is 0 Å². The average Bonchev–Trinajstić information content (AvgIpc) is 2.62. The smallest absolute Gasteiger partial charge is 0.246 e. The monoisotopic (exact) mass is 396 g/mol. The molecule has 0 spiro atoms. The highest BCUT2D eigenvalue weighted by Gasteiger charge is 2.32. The number of amides is 1. The highest BCUT2D eigenvalue weighted by atomic mass is 32.2. The SMILES string of the molecule is COc1cc(C)c(C)cc1S(=O)(=O)N1CCC(NC(=O)CCC(C)=O)CC1. The summed E-state index contributed by atoms with van der Waals surface area (Å²) >= 11 is 0. The lowest BCUT2D eigenvalue weighted by molar-refractivity contribution is -0.125. The van der Waals surface area contributed by atoms with E-state index in [1.54, 1.807) is 12.1 Å². The van der Waals surface area contributed by atoms with Crippen LogP contribution >= 0.6 is 0 Å². The predicted octanol–water partition coefficient (Wildman–Crippen LogP) is 1.95. The lowest BCUT2D eigenvalue weighted by Gasteiger charge is -2.32. The van der Waals surface area contributed by atoms with Crippen LogP contribution in [0.2, 0.25) is 0 Å². The maximum atomic E-state index is 13.1. The van der Waals surface area contributed by atoms with Crippen molar-refractivity contribution in [2.75, 3.05) is 20.2 Å². The minimum Gasteiger partial charge on any atom is -0.495 e. The van der Waals surface area contributed by atoms with Crippen molar-refractivity contribution >= 4 is 21.7 Å². The maximum absolute atomic E-state index is 13.1. The van der Waals surface area contributed by atoms with Gasteiger partial charge >= 0.3 is 0 Å². The zero-order valence-corrected chi connectivity index (χ0v) is 17.2. The van der Waals surface area contributed by atoms with Crippen molar-refractivity contribution in [3.05, 3.63) is 23.3 Å². The van der Waals surface area contributed by atoms with Gasteiger partial charge in [0.05, 0.1) is 7.11 Å². The number of carbonyl (C=O) groups is 2. The first-order chi connectivity index (χ1) is 12.6. The number of ketones is 1. The Kier molecular flexibility index (Phi) is 7.00. The Morgan fingerprint density at radius 2 is 1.74 bits per heavy atom. The second kappa shape index (κ2) is 8.84. The number of sulfonamides is 1. The number of ether oxygens (including phenoxy) is 1. The van der Waals surface area contributed by atoms with E-state index in [0.717, 1.165) is 11.1 Å². The Hall–Kier alpha value is -1.93. The molecule has 0 radical (unpaired) electrons. The fourth-order valence-electron chi connectivity index (χ4n) is 3.09. The van der Waals surface area contributed by atoms with E-state index in [4.69, 9.17) is 4.74 Å². The molecule has 0 aromatic heterocycles. The van der Waals surface area contributed by atoms with Gasteiger partial charge < -0.3 is 14.8 Å². The zero-order chi connectivity index (χ0) is 20.2. The topological polar surface area (TPSA) is 92.8 Å². The van der Waals surface area contributed by atoms with Crippen LogP contribution in [0.25, 0.3) is 0 Å². The van der Waals surface area contributed by atoms with Gasteiger partial charge in [0.25, 0.3) is 0 Å². The number of methoxy groups -OCH3 is 1. The zero-order valence-electron chi connectivity index (χ0n) is 16.4. The van der Waals surface area contributed by atoms with E-state index in [2.05, 4.69) is 5.32 Å². The molecule has 0 saturated carbocycles. The van der Waals surface area contributed by atoms with Crippen LogP contribution in [-0.2, 0) is 19.6 Å². The van der Waals surface area contributed by atoms with Crippen molar-refractivity contribution in [3.8, 4) is 5.75 Å². The van der Waals surface area contributed by atoms with Crippen molar-refractivity contribution in [3.63, 3.8) is 0 Å². The lowest BCUT2D eigenvalue weighted by Crippen LogP contribution is -2.46. The second-order valence-electron chi connectivity index (χ2n) is 7.04. The van der Waals surface area contributed by atoms with Gasteiger partial charge in [-0.1, -0.05) is 0 Å². The molecule has 1 aromatic carbocycles. The van der Waals surface area contributed by atoms with Gasteiger partial charge in [-0.25, -0.2) is 8.42 Å². The van der Waals surface area contributed by atoms with Gasteiger partial charge in [0.1, 0.15) is 16.4 Å². The molecule has 1 amide bonds. The first-order valence-corrected chi connectivity index (χ1v) is 10.5. The van der Waals surface area contributed by atoms with Crippen molar-refractivity contribution in [2.45, 2.75) is 57.4 Å². The predicted molar refractivity (Wildman–Crippen MR) is 102 cm³/mol. The Balaban J connectivity index is 2.04. The van der Waals surface area contributed by atoms with Gasteiger partial charge in [-0.3, -0.25) is 4.79 Å². The summed E-state index contributed by atoms with van der Waals surface area (Å²) in [5.74, 6) is 0.161. The number of rotatable bonds is 7. The van der Waals surface area contributed by atoms with E-state index in [9.17, 15) is 18.0 Å². The number of benzene rings is 1. The molecule has 1 aliphatic heterocycles. The van der Waals surface area contributed by atoms with Crippen LogP contribution in [0.4, 0.5) is 0 Å². The minimum absolute atomic E-state index is 0.0200. The van der Waals surface area contributed by atoms with E-state index in [0.29, 0.717) is 31.7 Å². The van der Waals surface area contributed by atoms with Crippen LogP contribution in [0, 0.1) is 13.8 Å². The van der Waals surface area contributed by atoms with Gasteiger partial charge in [0.15, 0.2) is 0 Å². The molecular formula is C19H28N2O5S. The number of carbonyl (C=O) groups excluding carboxylic acids is 2. The number of hydrogen-bond donors (Lipinski definition) is 1. The fraction of sp³-hybridized carbons (Fsp3) is 0.579. The van der Waals surface area contributed by atoms with Crippen molar-refractivity contribution in [1.29, 1.82) is 0 Å². The molecule has 0 atom stereocenters. The van der Waals surface area contributed by atoms with Crippen molar-refractivity contribution < 1.29 is 22.7 Å². The van der Waals surface area contributed by atoms with Gasteiger partial charge in [-0.15, -0.1) is 0 Å². The summed E-state index contributed by atoms with van der Waals surface area (Å²) < 4.78 is 32.8. The molecule has 2 rings (SSSR count). The van der Waals surface area contributed by atoms with Gasteiger partial charge in [0.2, 0.25) is 15.9 Å². The van der Waals surface area contributed by atoms with Crippen LogP contribution < -0.4 is 10.1 Å². The van der Waals surface area contributed by atoms with E-state index in [-0.39, 0.29) is 35.5 Å². The molecule has 1 fully saturated rings. The number of Topliss-reactive ketones (excluding diaryl/α,β-unsaturated/α-hetero) is 1. The Morgan fingerprint density at radius 1 is 1.15 bits per heavy atom. The molecule has 1 aromatic rings. The summed E-state index contributed by atoms with van der Waals surface area (Å²) in [6, 6.07) is 3.32. The Bertz CT molecular complexity index is 812. The van der Waals surface area contributed by atoms with E-state index in [1.807, 2.05) is 13.8 Å². The molecule has 1 aliphatic rings. The van der Waals surface area contributed by atoms with Crippen LogP contribution in [0.1, 0.15) is 43.7 Å². The van der Waals surface area contributed by atoms with E-state index < -0.39 is 10.0 Å². The molecule has 1 N–H and O–H groups in total. The Morgan fingerprint density at radius 3 is 2.30 bits per heavy atom. The molecular weight excluding hydrogens is 368 g/mol. The standard InChI is InChI=1S/C19H28N2O5S/c1-13-11-17(26-4)18(12-14(13)2)27(24,25)21-9-7-16(8-10-21)20-19(23)6-5-15(3)22/h11-12,16H,5-10H2,1-4H3,(H,20,23). The molecule has 1 saturated heterocycles. The number of piperidine rings is 1.